The van der Waals surface area contributed by atoms with Crippen LogP contribution in [-0.2, 0) is 20.0 Å². The highest BCUT2D eigenvalue weighted by molar-refractivity contribution is 7.90. The topological polar surface area (TPSA) is 135 Å². The largest absolute Gasteiger partial charge is 0.304 e. The Kier molecular flexibility index (Phi) is 5.33. The van der Waals surface area contributed by atoms with Crippen LogP contribution in [0.25, 0.3) is 0 Å². The van der Waals surface area contributed by atoms with Gasteiger partial charge in [-0.25, -0.2) is 26.3 Å². The summed E-state index contributed by atoms with van der Waals surface area (Å²) in [5, 5.41) is 10.4. The van der Waals surface area contributed by atoms with Crippen LogP contribution < -0.4 is 9.44 Å². The molecule has 118 valence electrons. The van der Waals surface area contributed by atoms with Crippen molar-refractivity contribution in [1.82, 2.24) is 9.44 Å². The number of nitro benzene ring substituents is 1. The Morgan fingerprint density at radius 3 is 2.38 bits per heavy atom. The fraction of sp³-hybridized carbons (Fsp3) is 0.333. The Morgan fingerprint density at radius 2 is 1.90 bits per heavy atom. The summed E-state index contributed by atoms with van der Waals surface area (Å²) in [5.74, 6) is -1.80. The highest BCUT2D eigenvalue weighted by Crippen LogP contribution is 2.20. The molecule has 21 heavy (non-hydrogen) atoms. The highest BCUT2D eigenvalue weighted by atomic mass is 32.2. The van der Waals surface area contributed by atoms with E-state index in [1.165, 1.54) is 7.05 Å². The molecule has 0 amide bonds. The van der Waals surface area contributed by atoms with E-state index in [1.807, 2.05) is 9.44 Å². The number of rotatable bonds is 7. The van der Waals surface area contributed by atoms with E-state index in [2.05, 4.69) is 0 Å². The average molecular weight is 341 g/mol. The zero-order valence-corrected chi connectivity index (χ0v) is 12.4. The number of halogens is 1. The lowest BCUT2D eigenvalue weighted by Gasteiger charge is -2.07. The van der Waals surface area contributed by atoms with Crippen molar-refractivity contribution in [2.24, 2.45) is 0 Å². The molecule has 1 aromatic carbocycles. The van der Waals surface area contributed by atoms with Crippen molar-refractivity contribution < 1.29 is 26.1 Å². The van der Waals surface area contributed by atoms with E-state index in [1.54, 1.807) is 0 Å². The minimum atomic E-state index is -4.16. The minimum absolute atomic E-state index is 0.426. The summed E-state index contributed by atoms with van der Waals surface area (Å²) in [7, 11) is -6.58. The van der Waals surface area contributed by atoms with E-state index in [0.29, 0.717) is 12.1 Å². The van der Waals surface area contributed by atoms with Crippen LogP contribution in [0.1, 0.15) is 0 Å². The molecular formula is C9H12FN3O6S2. The zero-order chi connectivity index (χ0) is 16.3. The first-order chi connectivity index (χ1) is 9.59. The van der Waals surface area contributed by atoms with E-state index in [-0.39, 0.29) is 0 Å². The molecule has 9 nitrogen and oxygen atoms in total. The monoisotopic (exact) mass is 341 g/mol. The zero-order valence-electron chi connectivity index (χ0n) is 10.7. The van der Waals surface area contributed by atoms with Crippen molar-refractivity contribution in [2.75, 3.05) is 19.3 Å². The number of nitrogens with zero attached hydrogens (tertiary/aromatic N) is 1. The first kappa shape index (κ1) is 17.4. The molecule has 0 unspecified atom stereocenters. The molecule has 12 heteroatoms. The van der Waals surface area contributed by atoms with Crippen molar-refractivity contribution in [2.45, 2.75) is 4.90 Å². The average Bonchev–Trinajstić information content (AvgIpc) is 2.37. The number of nitro groups is 1. The molecule has 0 atom stereocenters. The van der Waals surface area contributed by atoms with Gasteiger partial charge in [-0.15, -0.1) is 0 Å². The predicted octanol–water partition coefficient (Wildman–Crippen LogP) is -0.439. The SMILES string of the molecule is CNS(=O)(=O)CCNS(=O)(=O)c1ccc([N+](=O)[O-])c(F)c1. The van der Waals surface area contributed by atoms with Crippen LogP contribution in [0.4, 0.5) is 10.1 Å². The van der Waals surface area contributed by atoms with Crippen LogP contribution in [-0.4, -0.2) is 41.1 Å². The second-order valence-electron chi connectivity index (χ2n) is 3.79. The van der Waals surface area contributed by atoms with Crippen LogP contribution in [0, 0.1) is 15.9 Å². The lowest BCUT2D eigenvalue weighted by molar-refractivity contribution is -0.387. The third-order valence-electron chi connectivity index (χ3n) is 2.40. The van der Waals surface area contributed by atoms with Gasteiger partial charge in [-0.3, -0.25) is 10.1 Å². The lowest BCUT2D eigenvalue weighted by Crippen LogP contribution is -2.33. The Morgan fingerprint density at radius 1 is 1.29 bits per heavy atom. The Labute approximate surface area is 120 Å². The van der Waals surface area contributed by atoms with Crippen LogP contribution in [0.2, 0.25) is 0 Å². The van der Waals surface area contributed by atoms with Crippen molar-refractivity contribution in [3.63, 3.8) is 0 Å². The molecule has 0 fully saturated rings. The normalized spacial score (nSPS) is 12.3. The number of benzene rings is 1. The van der Waals surface area contributed by atoms with Crippen LogP contribution >= 0.6 is 0 Å². The first-order valence-electron chi connectivity index (χ1n) is 5.44. The first-order valence-corrected chi connectivity index (χ1v) is 8.57. The second kappa shape index (κ2) is 6.43. The smallest absolute Gasteiger partial charge is 0.258 e. The molecule has 0 aliphatic rings. The summed E-state index contributed by atoms with van der Waals surface area (Å²) in [4.78, 5) is 8.90. The Bertz CT molecular complexity index is 747. The van der Waals surface area contributed by atoms with Gasteiger partial charge in [0.1, 0.15) is 0 Å². The molecule has 0 spiro atoms. The summed E-state index contributed by atoms with van der Waals surface area (Å²) in [6.45, 7) is -0.426. The molecule has 2 N–H and O–H groups in total. The molecule has 0 heterocycles. The van der Waals surface area contributed by atoms with E-state index >= 15 is 0 Å². The second-order valence-corrected chi connectivity index (χ2v) is 7.60. The number of hydrogen-bond donors (Lipinski definition) is 2. The lowest BCUT2D eigenvalue weighted by atomic mass is 10.3. The van der Waals surface area contributed by atoms with Gasteiger partial charge >= 0.3 is 5.69 Å². The number of nitrogens with one attached hydrogen (secondary N) is 2. The van der Waals surface area contributed by atoms with E-state index in [9.17, 15) is 31.3 Å². The van der Waals surface area contributed by atoms with Gasteiger partial charge in [0, 0.05) is 18.7 Å². The van der Waals surface area contributed by atoms with Gasteiger partial charge < -0.3 is 0 Å². The molecule has 0 saturated heterocycles. The summed E-state index contributed by atoms with van der Waals surface area (Å²) in [6.07, 6.45) is 0. The van der Waals surface area contributed by atoms with Crippen LogP contribution in [0.15, 0.2) is 23.1 Å². The molecule has 0 bridgehead atoms. The van der Waals surface area contributed by atoms with Gasteiger partial charge in [-0.1, -0.05) is 0 Å². The fourth-order valence-corrected chi connectivity index (χ4v) is 3.05. The standard InChI is InChI=1S/C9H12FN3O6S2/c1-11-20(16,17)5-4-12-21(18,19)7-2-3-9(13(14)15)8(10)6-7/h2-3,6,11-12H,4-5H2,1H3. The highest BCUT2D eigenvalue weighted by Gasteiger charge is 2.21. The molecule has 0 radical (unpaired) electrons. The molecule has 0 aliphatic heterocycles. The van der Waals surface area contributed by atoms with Crippen molar-refractivity contribution >= 4 is 25.7 Å². The maximum absolute atomic E-state index is 13.4. The van der Waals surface area contributed by atoms with Gasteiger partial charge in [0.25, 0.3) is 0 Å². The summed E-state index contributed by atoms with van der Waals surface area (Å²) < 4.78 is 63.1. The van der Waals surface area contributed by atoms with E-state index in [0.717, 1.165) is 6.07 Å². The van der Waals surface area contributed by atoms with Gasteiger partial charge in [0.15, 0.2) is 0 Å². The van der Waals surface area contributed by atoms with Gasteiger partial charge in [0.2, 0.25) is 25.9 Å². The van der Waals surface area contributed by atoms with Crippen LogP contribution in [0.3, 0.4) is 0 Å². The predicted molar refractivity (Wildman–Crippen MR) is 71.1 cm³/mol. The quantitative estimate of drug-likeness (QED) is 0.510. The Hall–Kier alpha value is -1.63. The summed E-state index contributed by atoms with van der Waals surface area (Å²) in [5.41, 5.74) is -0.855. The van der Waals surface area contributed by atoms with E-state index < -0.39 is 53.7 Å². The van der Waals surface area contributed by atoms with Crippen molar-refractivity contribution in [3.05, 3.63) is 34.1 Å². The minimum Gasteiger partial charge on any atom is -0.258 e. The molecule has 0 saturated carbocycles. The molecule has 1 rings (SSSR count). The van der Waals surface area contributed by atoms with Gasteiger partial charge in [0.05, 0.1) is 15.6 Å². The number of sulfonamides is 2. The maximum atomic E-state index is 13.4. The van der Waals surface area contributed by atoms with Gasteiger partial charge in [-0.05, 0) is 13.1 Å². The van der Waals surface area contributed by atoms with E-state index in [4.69, 9.17) is 0 Å². The molecule has 1 aromatic rings. The summed E-state index contributed by atoms with van der Waals surface area (Å²) >= 11 is 0. The third kappa shape index (κ3) is 4.70. The van der Waals surface area contributed by atoms with Crippen LogP contribution in [0.5, 0.6) is 0 Å². The van der Waals surface area contributed by atoms with Crippen molar-refractivity contribution in [3.8, 4) is 0 Å². The molecule has 0 aromatic heterocycles. The van der Waals surface area contributed by atoms with Gasteiger partial charge in [-0.2, -0.15) is 4.39 Å². The molecule has 0 aliphatic carbocycles. The summed E-state index contributed by atoms with van der Waals surface area (Å²) in [6, 6.07) is 2.07. The fourth-order valence-electron chi connectivity index (χ4n) is 1.30. The number of hydrogen-bond acceptors (Lipinski definition) is 6. The Balaban J connectivity index is 2.89. The van der Waals surface area contributed by atoms with Crippen molar-refractivity contribution in [1.29, 1.82) is 0 Å². The maximum Gasteiger partial charge on any atom is 0.304 e. The molecular weight excluding hydrogens is 329 g/mol. The third-order valence-corrected chi connectivity index (χ3v) is 5.22.